The van der Waals surface area contributed by atoms with Crippen LogP contribution < -0.4 is 9.47 Å². The SMILES string of the molecule is CCOC(=O)c1nn(CC)c(-c2ccc(OCCC(F)(F)F)cc2OC)c1Cl. The first kappa shape index (κ1) is 21.9. The van der Waals surface area contributed by atoms with Gasteiger partial charge in [-0.1, -0.05) is 11.6 Å². The molecular weight excluding hydrogens is 401 g/mol. The Kier molecular flexibility index (Phi) is 7.17. The number of hydrogen-bond acceptors (Lipinski definition) is 5. The lowest BCUT2D eigenvalue weighted by Crippen LogP contribution is -2.13. The van der Waals surface area contributed by atoms with Gasteiger partial charge in [0.2, 0.25) is 0 Å². The molecule has 2 rings (SSSR count). The summed E-state index contributed by atoms with van der Waals surface area (Å²) in [4.78, 5) is 12.1. The summed E-state index contributed by atoms with van der Waals surface area (Å²) >= 11 is 6.38. The van der Waals surface area contributed by atoms with Crippen LogP contribution in [0, 0.1) is 0 Å². The van der Waals surface area contributed by atoms with Gasteiger partial charge in [-0.3, -0.25) is 4.68 Å². The summed E-state index contributed by atoms with van der Waals surface area (Å²) in [5.41, 5.74) is 0.930. The second kappa shape index (κ2) is 9.18. The van der Waals surface area contributed by atoms with E-state index in [1.165, 1.54) is 23.9 Å². The van der Waals surface area contributed by atoms with E-state index in [0.717, 1.165) is 0 Å². The number of esters is 1. The highest BCUT2D eigenvalue weighted by Gasteiger charge is 2.27. The summed E-state index contributed by atoms with van der Waals surface area (Å²) in [6, 6.07) is 4.55. The zero-order chi connectivity index (χ0) is 20.9. The molecule has 0 N–H and O–H groups in total. The molecule has 10 heteroatoms. The third-order valence-electron chi connectivity index (χ3n) is 3.75. The van der Waals surface area contributed by atoms with Gasteiger partial charge in [-0.15, -0.1) is 0 Å². The smallest absolute Gasteiger partial charge is 0.392 e. The zero-order valence-corrected chi connectivity index (χ0v) is 16.4. The van der Waals surface area contributed by atoms with Gasteiger partial charge in [0.15, 0.2) is 5.69 Å². The molecule has 0 bridgehead atoms. The van der Waals surface area contributed by atoms with Crippen LogP contribution in [0.5, 0.6) is 11.5 Å². The lowest BCUT2D eigenvalue weighted by molar-refractivity contribution is -0.139. The molecule has 1 aromatic carbocycles. The predicted octanol–water partition coefficient (Wildman–Crippen LogP) is 4.74. The van der Waals surface area contributed by atoms with Gasteiger partial charge in [0, 0.05) is 18.2 Å². The molecule has 0 aliphatic heterocycles. The maximum absolute atomic E-state index is 12.3. The van der Waals surface area contributed by atoms with E-state index < -0.39 is 25.2 Å². The Hall–Kier alpha value is -2.42. The molecule has 0 spiro atoms. The Balaban J connectivity index is 2.38. The molecule has 0 aliphatic carbocycles. The molecule has 0 radical (unpaired) electrons. The van der Waals surface area contributed by atoms with Gasteiger partial charge < -0.3 is 14.2 Å². The van der Waals surface area contributed by atoms with Crippen molar-refractivity contribution in [3.63, 3.8) is 0 Å². The highest BCUT2D eigenvalue weighted by Crippen LogP contribution is 2.39. The number of hydrogen-bond donors (Lipinski definition) is 0. The van der Waals surface area contributed by atoms with Gasteiger partial charge in [-0.05, 0) is 26.0 Å². The number of nitrogens with zero attached hydrogens (tertiary/aromatic N) is 2. The topological polar surface area (TPSA) is 62.6 Å². The average Bonchev–Trinajstić information content (AvgIpc) is 2.97. The van der Waals surface area contributed by atoms with Crippen LogP contribution in [-0.4, -0.2) is 42.2 Å². The van der Waals surface area contributed by atoms with Crippen molar-refractivity contribution < 1.29 is 32.2 Å². The minimum absolute atomic E-state index is 0.0204. The molecule has 0 atom stereocenters. The summed E-state index contributed by atoms with van der Waals surface area (Å²) < 4.78 is 53.8. The number of carbonyl (C=O) groups excluding carboxylic acids is 1. The van der Waals surface area contributed by atoms with Crippen molar-refractivity contribution in [1.29, 1.82) is 0 Å². The Morgan fingerprint density at radius 2 is 2.00 bits per heavy atom. The van der Waals surface area contributed by atoms with E-state index in [4.69, 9.17) is 25.8 Å². The molecule has 0 saturated carbocycles. The molecule has 2 aromatic rings. The van der Waals surface area contributed by atoms with Gasteiger partial charge >= 0.3 is 12.1 Å². The predicted molar refractivity (Wildman–Crippen MR) is 97.0 cm³/mol. The standard InChI is InChI=1S/C18H20ClF3N2O4/c1-4-24-16(14(19)15(23-24)17(25)27-5-2)12-7-6-11(10-13(12)26-3)28-9-8-18(20,21)22/h6-7,10H,4-5,8-9H2,1-3H3. The molecule has 0 unspecified atom stereocenters. The maximum Gasteiger partial charge on any atom is 0.392 e. The Morgan fingerprint density at radius 3 is 2.57 bits per heavy atom. The van der Waals surface area contributed by atoms with Gasteiger partial charge in [-0.2, -0.15) is 18.3 Å². The van der Waals surface area contributed by atoms with Crippen LogP contribution in [0.3, 0.4) is 0 Å². The summed E-state index contributed by atoms with van der Waals surface area (Å²) in [5.74, 6) is -0.113. The van der Waals surface area contributed by atoms with E-state index in [-0.39, 0.29) is 23.1 Å². The van der Waals surface area contributed by atoms with Crippen molar-refractivity contribution in [2.75, 3.05) is 20.3 Å². The van der Waals surface area contributed by atoms with Gasteiger partial charge in [0.05, 0.1) is 32.4 Å². The summed E-state index contributed by atoms with van der Waals surface area (Å²) in [6.45, 7) is 3.58. The number of aromatic nitrogens is 2. The van der Waals surface area contributed by atoms with E-state index in [0.29, 0.717) is 23.6 Å². The number of halogens is 4. The number of carbonyl (C=O) groups is 1. The molecule has 28 heavy (non-hydrogen) atoms. The fourth-order valence-electron chi connectivity index (χ4n) is 2.50. The van der Waals surface area contributed by atoms with Crippen LogP contribution in [0.4, 0.5) is 13.2 Å². The summed E-state index contributed by atoms with van der Waals surface area (Å²) in [7, 11) is 1.41. The molecule has 0 aliphatic rings. The average molecular weight is 421 g/mol. The number of methoxy groups -OCH3 is 1. The van der Waals surface area contributed by atoms with E-state index in [2.05, 4.69) is 5.10 Å². The highest BCUT2D eigenvalue weighted by molar-refractivity contribution is 6.36. The quantitative estimate of drug-likeness (QED) is 0.577. The lowest BCUT2D eigenvalue weighted by atomic mass is 10.1. The summed E-state index contributed by atoms with van der Waals surface area (Å²) in [6.07, 6.45) is -5.36. The molecule has 1 aromatic heterocycles. The van der Waals surface area contributed by atoms with Crippen molar-refractivity contribution >= 4 is 17.6 Å². The third kappa shape index (κ3) is 5.09. The molecule has 0 saturated heterocycles. The minimum atomic E-state index is -4.30. The maximum atomic E-state index is 12.3. The van der Waals surface area contributed by atoms with E-state index in [1.54, 1.807) is 13.0 Å². The van der Waals surface area contributed by atoms with Gasteiger partial charge in [0.25, 0.3) is 0 Å². The minimum Gasteiger partial charge on any atom is -0.496 e. The van der Waals surface area contributed by atoms with E-state index in [9.17, 15) is 18.0 Å². The molecular formula is C18H20ClF3N2O4. The van der Waals surface area contributed by atoms with Crippen LogP contribution in [-0.2, 0) is 11.3 Å². The first-order chi connectivity index (χ1) is 13.2. The fourth-order valence-corrected chi connectivity index (χ4v) is 2.81. The summed E-state index contributed by atoms with van der Waals surface area (Å²) in [5, 5.41) is 4.30. The molecule has 6 nitrogen and oxygen atoms in total. The van der Waals surface area contributed by atoms with Crippen LogP contribution in [0.25, 0.3) is 11.3 Å². The van der Waals surface area contributed by atoms with Crippen molar-refractivity contribution in [2.24, 2.45) is 0 Å². The van der Waals surface area contributed by atoms with Crippen LogP contribution in [0.2, 0.25) is 5.02 Å². The Morgan fingerprint density at radius 1 is 1.29 bits per heavy atom. The molecule has 1 heterocycles. The number of aryl methyl sites for hydroxylation is 1. The van der Waals surface area contributed by atoms with Crippen molar-refractivity contribution in [3.05, 3.63) is 28.9 Å². The Labute approximate surface area is 165 Å². The molecule has 154 valence electrons. The van der Waals surface area contributed by atoms with Gasteiger partial charge in [-0.25, -0.2) is 4.79 Å². The first-order valence-electron chi connectivity index (χ1n) is 8.53. The molecule has 0 fully saturated rings. The van der Waals surface area contributed by atoms with Crippen LogP contribution in [0.15, 0.2) is 18.2 Å². The van der Waals surface area contributed by atoms with Crippen molar-refractivity contribution in [1.82, 2.24) is 9.78 Å². The largest absolute Gasteiger partial charge is 0.496 e. The molecule has 0 amide bonds. The highest BCUT2D eigenvalue weighted by atomic mass is 35.5. The number of alkyl halides is 3. The Bertz CT molecular complexity index is 837. The van der Waals surface area contributed by atoms with Crippen molar-refractivity contribution in [2.45, 2.75) is 33.0 Å². The monoisotopic (exact) mass is 420 g/mol. The van der Waals surface area contributed by atoms with Crippen molar-refractivity contribution in [3.8, 4) is 22.8 Å². The van der Waals surface area contributed by atoms with Crippen LogP contribution >= 0.6 is 11.6 Å². The third-order valence-corrected chi connectivity index (χ3v) is 4.10. The second-order valence-electron chi connectivity index (χ2n) is 5.62. The zero-order valence-electron chi connectivity index (χ0n) is 15.6. The fraction of sp³-hybridized carbons (Fsp3) is 0.444. The number of benzene rings is 1. The lowest BCUT2D eigenvalue weighted by Gasteiger charge is -2.13. The van der Waals surface area contributed by atoms with Crippen LogP contribution in [0.1, 0.15) is 30.8 Å². The number of ether oxygens (including phenoxy) is 3. The first-order valence-corrected chi connectivity index (χ1v) is 8.91. The van der Waals surface area contributed by atoms with E-state index in [1.807, 2.05) is 6.92 Å². The normalized spacial score (nSPS) is 11.4. The van der Waals surface area contributed by atoms with Gasteiger partial charge in [0.1, 0.15) is 16.5 Å². The second-order valence-corrected chi connectivity index (χ2v) is 6.00. The number of rotatable bonds is 8. The van der Waals surface area contributed by atoms with E-state index >= 15 is 0 Å².